The van der Waals surface area contributed by atoms with Crippen molar-refractivity contribution in [3.63, 3.8) is 0 Å². The molecule has 0 bridgehead atoms. The fourth-order valence-corrected chi connectivity index (χ4v) is 1.53. The molecule has 0 amide bonds. The SMILES string of the molecule is CCCC(C)Oc1cc(C(F)(F)F)cc(NC)n1. The van der Waals surface area contributed by atoms with Crippen LogP contribution in [0.25, 0.3) is 0 Å². The molecule has 0 saturated heterocycles. The van der Waals surface area contributed by atoms with Crippen molar-refractivity contribution in [3.8, 4) is 5.88 Å². The van der Waals surface area contributed by atoms with E-state index in [0.717, 1.165) is 25.0 Å². The van der Waals surface area contributed by atoms with Gasteiger partial charge in [-0.25, -0.2) is 0 Å². The number of anilines is 1. The van der Waals surface area contributed by atoms with Crippen LogP contribution in [0.3, 0.4) is 0 Å². The van der Waals surface area contributed by atoms with Gasteiger partial charge in [0.25, 0.3) is 0 Å². The fourth-order valence-electron chi connectivity index (χ4n) is 1.53. The van der Waals surface area contributed by atoms with Crippen LogP contribution < -0.4 is 10.1 Å². The summed E-state index contributed by atoms with van der Waals surface area (Å²) < 4.78 is 43.4. The van der Waals surface area contributed by atoms with E-state index >= 15 is 0 Å². The maximum absolute atomic E-state index is 12.7. The largest absolute Gasteiger partial charge is 0.475 e. The lowest BCUT2D eigenvalue weighted by molar-refractivity contribution is -0.137. The zero-order valence-electron chi connectivity index (χ0n) is 10.6. The Morgan fingerprint density at radius 2 is 2.06 bits per heavy atom. The molecule has 0 aliphatic rings. The van der Waals surface area contributed by atoms with Gasteiger partial charge in [-0.2, -0.15) is 18.2 Å². The van der Waals surface area contributed by atoms with Crippen molar-refractivity contribution < 1.29 is 17.9 Å². The molecule has 0 fully saturated rings. The minimum absolute atomic E-state index is 0.00451. The van der Waals surface area contributed by atoms with Gasteiger partial charge < -0.3 is 10.1 Å². The molecule has 1 aromatic rings. The number of alkyl halides is 3. The topological polar surface area (TPSA) is 34.1 Å². The van der Waals surface area contributed by atoms with Crippen LogP contribution in [-0.2, 0) is 6.18 Å². The quantitative estimate of drug-likeness (QED) is 0.878. The molecule has 0 saturated carbocycles. The third-order valence-corrected chi connectivity index (χ3v) is 2.40. The number of aromatic nitrogens is 1. The van der Waals surface area contributed by atoms with Crippen LogP contribution in [0.2, 0.25) is 0 Å². The summed E-state index contributed by atoms with van der Waals surface area (Å²) in [6.45, 7) is 3.79. The molecule has 3 nitrogen and oxygen atoms in total. The Labute approximate surface area is 104 Å². The lowest BCUT2D eigenvalue weighted by atomic mass is 10.2. The number of halogens is 3. The molecule has 18 heavy (non-hydrogen) atoms. The van der Waals surface area contributed by atoms with Crippen LogP contribution in [0.15, 0.2) is 12.1 Å². The lowest BCUT2D eigenvalue weighted by Gasteiger charge is -2.15. The van der Waals surface area contributed by atoms with Crippen LogP contribution in [0, 0.1) is 0 Å². The summed E-state index contributed by atoms with van der Waals surface area (Å²) in [6.07, 6.45) is -2.89. The first kappa shape index (κ1) is 14.6. The van der Waals surface area contributed by atoms with E-state index in [1.54, 1.807) is 0 Å². The van der Waals surface area contributed by atoms with Gasteiger partial charge in [0.05, 0.1) is 11.7 Å². The Kier molecular flexibility index (Phi) is 4.81. The maximum atomic E-state index is 12.7. The highest BCUT2D eigenvalue weighted by Crippen LogP contribution is 2.32. The van der Waals surface area contributed by atoms with Crippen molar-refractivity contribution in [3.05, 3.63) is 17.7 Å². The van der Waals surface area contributed by atoms with Crippen molar-refractivity contribution >= 4 is 5.82 Å². The molecular formula is C12H17F3N2O. The van der Waals surface area contributed by atoms with Crippen molar-refractivity contribution in [2.75, 3.05) is 12.4 Å². The van der Waals surface area contributed by atoms with Gasteiger partial charge in [-0.1, -0.05) is 13.3 Å². The Hall–Kier alpha value is -1.46. The first-order valence-electron chi connectivity index (χ1n) is 5.80. The highest BCUT2D eigenvalue weighted by atomic mass is 19.4. The summed E-state index contributed by atoms with van der Waals surface area (Å²) >= 11 is 0. The van der Waals surface area contributed by atoms with E-state index in [2.05, 4.69) is 10.3 Å². The van der Waals surface area contributed by atoms with Gasteiger partial charge in [0.1, 0.15) is 5.82 Å². The first-order valence-corrected chi connectivity index (χ1v) is 5.80. The summed E-state index contributed by atoms with van der Waals surface area (Å²) in [7, 11) is 1.52. The number of hydrogen-bond acceptors (Lipinski definition) is 3. The third-order valence-electron chi connectivity index (χ3n) is 2.40. The Bertz CT molecular complexity index is 393. The lowest BCUT2D eigenvalue weighted by Crippen LogP contribution is -2.14. The van der Waals surface area contributed by atoms with Crippen LogP contribution in [0.4, 0.5) is 19.0 Å². The van der Waals surface area contributed by atoms with Crippen LogP contribution in [0.1, 0.15) is 32.3 Å². The average Bonchev–Trinajstić information content (AvgIpc) is 2.27. The van der Waals surface area contributed by atoms with Gasteiger partial charge in [0.15, 0.2) is 0 Å². The van der Waals surface area contributed by atoms with E-state index < -0.39 is 11.7 Å². The summed E-state index contributed by atoms with van der Waals surface area (Å²) in [5.41, 5.74) is -0.763. The predicted octanol–water partition coefficient (Wildman–Crippen LogP) is 3.71. The van der Waals surface area contributed by atoms with Crippen molar-refractivity contribution in [2.45, 2.75) is 39.0 Å². The van der Waals surface area contributed by atoms with E-state index in [-0.39, 0.29) is 17.8 Å². The molecule has 6 heteroatoms. The van der Waals surface area contributed by atoms with Crippen molar-refractivity contribution in [1.29, 1.82) is 0 Å². The van der Waals surface area contributed by atoms with E-state index in [9.17, 15) is 13.2 Å². The van der Waals surface area contributed by atoms with E-state index in [0.29, 0.717) is 0 Å². The molecular weight excluding hydrogens is 245 g/mol. The zero-order valence-corrected chi connectivity index (χ0v) is 10.6. The highest BCUT2D eigenvalue weighted by Gasteiger charge is 2.32. The molecule has 1 rings (SSSR count). The molecule has 0 aliphatic heterocycles. The number of pyridine rings is 1. The normalized spacial score (nSPS) is 13.2. The van der Waals surface area contributed by atoms with Crippen LogP contribution in [-0.4, -0.2) is 18.1 Å². The Morgan fingerprint density at radius 3 is 2.56 bits per heavy atom. The molecule has 0 radical (unpaired) electrons. The molecule has 1 unspecified atom stereocenters. The minimum atomic E-state index is -4.40. The Morgan fingerprint density at radius 1 is 1.39 bits per heavy atom. The van der Waals surface area contributed by atoms with Gasteiger partial charge in [0, 0.05) is 13.1 Å². The summed E-state index contributed by atoms with van der Waals surface area (Å²) in [4.78, 5) is 3.95. The Balaban J connectivity index is 2.97. The molecule has 1 N–H and O–H groups in total. The summed E-state index contributed by atoms with van der Waals surface area (Å²) in [5.74, 6) is 0.138. The molecule has 0 aromatic carbocycles. The molecule has 1 atom stereocenters. The van der Waals surface area contributed by atoms with Crippen molar-refractivity contribution in [1.82, 2.24) is 4.98 Å². The molecule has 1 aromatic heterocycles. The first-order chi connectivity index (χ1) is 8.36. The zero-order chi connectivity index (χ0) is 13.8. The second kappa shape index (κ2) is 5.93. The number of hydrogen-bond donors (Lipinski definition) is 1. The maximum Gasteiger partial charge on any atom is 0.416 e. The summed E-state index contributed by atoms with van der Waals surface area (Å²) in [6, 6.07) is 1.88. The number of ether oxygens (including phenoxy) is 1. The van der Waals surface area contributed by atoms with Gasteiger partial charge in [-0.05, 0) is 19.4 Å². The fraction of sp³-hybridized carbons (Fsp3) is 0.583. The average molecular weight is 262 g/mol. The van der Waals surface area contributed by atoms with Gasteiger partial charge in [-0.3, -0.25) is 0 Å². The standard InChI is InChI=1S/C12H17F3N2O/c1-4-5-8(2)18-11-7-9(12(13,14)15)6-10(16-3)17-11/h6-8H,4-5H2,1-3H3,(H,16,17). The van der Waals surface area contributed by atoms with Crippen LogP contribution >= 0.6 is 0 Å². The molecule has 0 aliphatic carbocycles. The number of nitrogens with one attached hydrogen (secondary N) is 1. The number of rotatable bonds is 5. The van der Waals surface area contributed by atoms with Crippen LogP contribution in [0.5, 0.6) is 5.88 Å². The highest BCUT2D eigenvalue weighted by molar-refractivity contribution is 5.42. The van der Waals surface area contributed by atoms with E-state index in [4.69, 9.17) is 4.74 Å². The molecule has 1 heterocycles. The second-order valence-electron chi connectivity index (χ2n) is 4.04. The van der Waals surface area contributed by atoms with Crippen molar-refractivity contribution in [2.24, 2.45) is 0 Å². The predicted molar refractivity (Wildman–Crippen MR) is 63.8 cm³/mol. The molecule has 102 valence electrons. The monoisotopic (exact) mass is 262 g/mol. The molecule has 0 spiro atoms. The third kappa shape index (κ3) is 4.09. The minimum Gasteiger partial charge on any atom is -0.475 e. The van der Waals surface area contributed by atoms with Gasteiger partial charge >= 0.3 is 6.18 Å². The van der Waals surface area contributed by atoms with Gasteiger partial charge in [0.2, 0.25) is 5.88 Å². The van der Waals surface area contributed by atoms with E-state index in [1.165, 1.54) is 7.05 Å². The number of nitrogens with zero attached hydrogens (tertiary/aromatic N) is 1. The second-order valence-corrected chi connectivity index (χ2v) is 4.04. The van der Waals surface area contributed by atoms with Gasteiger partial charge in [-0.15, -0.1) is 0 Å². The summed E-state index contributed by atoms with van der Waals surface area (Å²) in [5, 5.41) is 2.59. The van der Waals surface area contributed by atoms with E-state index in [1.807, 2.05) is 13.8 Å². The smallest absolute Gasteiger partial charge is 0.416 e.